The summed E-state index contributed by atoms with van der Waals surface area (Å²) in [5.74, 6) is 0.584. The lowest BCUT2D eigenvalue weighted by Gasteiger charge is -2.39. The van der Waals surface area contributed by atoms with Gasteiger partial charge in [0, 0.05) is 25.4 Å². The third-order valence-corrected chi connectivity index (χ3v) is 5.67. The topological polar surface area (TPSA) is 66.5 Å². The second-order valence-corrected chi connectivity index (χ2v) is 7.70. The summed E-state index contributed by atoms with van der Waals surface area (Å²) in [6, 6.07) is 12.5. The summed E-state index contributed by atoms with van der Waals surface area (Å²) in [5, 5.41) is 24.0. The molecule has 1 aliphatic heterocycles. The lowest BCUT2D eigenvalue weighted by molar-refractivity contribution is 0.0165. The van der Waals surface area contributed by atoms with Gasteiger partial charge in [0.05, 0.1) is 17.0 Å². The molecule has 0 spiro atoms. The van der Waals surface area contributed by atoms with E-state index in [9.17, 15) is 5.11 Å². The standard InChI is InChI=1S/C20H23N5O/c26-20(13-15-4-2-1-3-5-15)8-10-24(11-9-20)18-12-17(16-6-7-16)23-25-14-21-22-19(18)25/h1-5,12,14,16,26H,6-11,13H2. The van der Waals surface area contributed by atoms with Crippen molar-refractivity contribution in [2.45, 2.75) is 43.6 Å². The summed E-state index contributed by atoms with van der Waals surface area (Å²) in [7, 11) is 0. The van der Waals surface area contributed by atoms with Gasteiger partial charge in [-0.3, -0.25) is 0 Å². The van der Waals surface area contributed by atoms with Crippen LogP contribution in [0, 0.1) is 0 Å². The minimum Gasteiger partial charge on any atom is -0.389 e. The number of fused-ring (bicyclic) bond motifs is 1. The zero-order valence-corrected chi connectivity index (χ0v) is 14.8. The highest BCUT2D eigenvalue weighted by molar-refractivity contribution is 5.68. The van der Waals surface area contributed by atoms with Crippen LogP contribution in [0.2, 0.25) is 0 Å². The van der Waals surface area contributed by atoms with Crippen LogP contribution in [-0.2, 0) is 6.42 Å². The SMILES string of the molecule is OC1(Cc2ccccc2)CCN(c2cc(C3CC3)nn3cnnc23)CC1. The number of rotatable bonds is 4. The second kappa shape index (κ2) is 6.06. The Bertz CT molecular complexity index is 910. The van der Waals surface area contributed by atoms with Crippen LogP contribution >= 0.6 is 0 Å². The van der Waals surface area contributed by atoms with Gasteiger partial charge in [-0.05, 0) is 37.3 Å². The Morgan fingerprint density at radius 1 is 1.12 bits per heavy atom. The molecule has 1 N–H and O–H groups in total. The van der Waals surface area contributed by atoms with Crippen molar-refractivity contribution >= 4 is 11.3 Å². The Hall–Kier alpha value is -2.47. The average molecular weight is 349 g/mol. The number of aromatic nitrogens is 4. The van der Waals surface area contributed by atoms with Crippen molar-refractivity contribution in [3.63, 3.8) is 0 Å². The summed E-state index contributed by atoms with van der Waals surface area (Å²) in [6.07, 6.45) is 6.34. The lowest BCUT2D eigenvalue weighted by Crippen LogP contribution is -2.46. The zero-order valence-electron chi connectivity index (χ0n) is 14.8. The lowest BCUT2D eigenvalue weighted by atomic mass is 9.85. The molecule has 1 aliphatic carbocycles. The van der Waals surface area contributed by atoms with E-state index in [-0.39, 0.29) is 0 Å². The number of aliphatic hydroxyl groups is 1. The number of anilines is 1. The first-order valence-electron chi connectivity index (χ1n) is 9.42. The molecule has 0 bridgehead atoms. The molecule has 134 valence electrons. The highest BCUT2D eigenvalue weighted by Gasteiger charge is 2.34. The third-order valence-electron chi connectivity index (χ3n) is 5.67. The van der Waals surface area contributed by atoms with Gasteiger partial charge >= 0.3 is 0 Å². The fourth-order valence-corrected chi connectivity index (χ4v) is 3.96. The van der Waals surface area contributed by atoms with Crippen LogP contribution in [0.15, 0.2) is 42.7 Å². The first-order valence-corrected chi connectivity index (χ1v) is 9.42. The van der Waals surface area contributed by atoms with Gasteiger partial charge in [0.25, 0.3) is 0 Å². The number of piperidine rings is 1. The number of hydrogen-bond donors (Lipinski definition) is 1. The fraction of sp³-hybridized carbons (Fsp3) is 0.450. The number of benzene rings is 1. The number of hydrogen-bond acceptors (Lipinski definition) is 5. The van der Waals surface area contributed by atoms with Crippen LogP contribution in [0.3, 0.4) is 0 Å². The van der Waals surface area contributed by atoms with E-state index in [4.69, 9.17) is 0 Å². The Morgan fingerprint density at radius 3 is 2.62 bits per heavy atom. The average Bonchev–Trinajstić information content (AvgIpc) is 3.40. The molecule has 26 heavy (non-hydrogen) atoms. The molecule has 1 aromatic carbocycles. The van der Waals surface area contributed by atoms with Crippen LogP contribution in [0.5, 0.6) is 0 Å². The Kier molecular flexibility index (Phi) is 3.67. The molecule has 0 unspecified atom stereocenters. The molecule has 1 saturated carbocycles. The van der Waals surface area contributed by atoms with Crippen molar-refractivity contribution in [2.24, 2.45) is 0 Å². The fourth-order valence-electron chi connectivity index (χ4n) is 3.96. The van der Waals surface area contributed by atoms with E-state index in [1.165, 1.54) is 18.4 Å². The molecule has 0 atom stereocenters. The Labute approximate surface area is 152 Å². The molecule has 0 radical (unpaired) electrons. The van der Waals surface area contributed by atoms with E-state index in [0.29, 0.717) is 12.3 Å². The molecular formula is C20H23N5O. The maximum Gasteiger partial charge on any atom is 0.200 e. The van der Waals surface area contributed by atoms with Gasteiger partial charge < -0.3 is 10.0 Å². The highest BCUT2D eigenvalue weighted by atomic mass is 16.3. The molecule has 5 rings (SSSR count). The van der Waals surface area contributed by atoms with E-state index in [1.54, 1.807) is 10.8 Å². The maximum atomic E-state index is 11.0. The van der Waals surface area contributed by atoms with Gasteiger partial charge in [-0.1, -0.05) is 30.3 Å². The van der Waals surface area contributed by atoms with Gasteiger partial charge in [0.1, 0.15) is 6.33 Å². The van der Waals surface area contributed by atoms with Gasteiger partial charge in [-0.15, -0.1) is 10.2 Å². The minimum absolute atomic E-state index is 0.584. The van der Waals surface area contributed by atoms with Gasteiger partial charge in [-0.25, -0.2) is 0 Å². The van der Waals surface area contributed by atoms with Gasteiger partial charge in [0.2, 0.25) is 5.65 Å². The molecule has 6 heteroatoms. The molecule has 2 aromatic heterocycles. The summed E-state index contributed by atoms with van der Waals surface area (Å²) in [6.45, 7) is 1.64. The molecule has 0 amide bonds. The Morgan fingerprint density at radius 2 is 1.88 bits per heavy atom. The van der Waals surface area contributed by atoms with Crippen molar-refractivity contribution in [3.05, 3.63) is 54.0 Å². The van der Waals surface area contributed by atoms with Crippen molar-refractivity contribution < 1.29 is 5.11 Å². The van der Waals surface area contributed by atoms with Crippen molar-refractivity contribution in [3.8, 4) is 0 Å². The summed E-state index contributed by atoms with van der Waals surface area (Å²) in [5.41, 5.74) is 3.61. The van der Waals surface area contributed by atoms with Gasteiger partial charge in [-0.2, -0.15) is 9.61 Å². The Balaban J connectivity index is 1.37. The van der Waals surface area contributed by atoms with E-state index < -0.39 is 5.60 Å². The normalized spacial score (nSPS) is 19.8. The van der Waals surface area contributed by atoms with E-state index in [2.05, 4.69) is 38.4 Å². The minimum atomic E-state index is -0.631. The van der Waals surface area contributed by atoms with E-state index >= 15 is 0 Å². The first-order chi connectivity index (χ1) is 12.7. The highest BCUT2D eigenvalue weighted by Crippen LogP contribution is 2.41. The zero-order chi connectivity index (χ0) is 17.6. The smallest absolute Gasteiger partial charge is 0.200 e. The summed E-state index contributed by atoms with van der Waals surface area (Å²) in [4.78, 5) is 2.33. The van der Waals surface area contributed by atoms with E-state index in [1.807, 2.05) is 18.2 Å². The molecule has 3 heterocycles. The molecule has 1 saturated heterocycles. The third kappa shape index (κ3) is 2.94. The van der Waals surface area contributed by atoms with E-state index in [0.717, 1.165) is 43.0 Å². The predicted molar refractivity (Wildman–Crippen MR) is 99.3 cm³/mol. The quantitative estimate of drug-likeness (QED) is 0.784. The second-order valence-electron chi connectivity index (χ2n) is 7.70. The van der Waals surface area contributed by atoms with Crippen LogP contribution < -0.4 is 4.90 Å². The van der Waals surface area contributed by atoms with Crippen LogP contribution in [0.4, 0.5) is 5.69 Å². The van der Waals surface area contributed by atoms with Crippen LogP contribution in [-0.4, -0.2) is 43.6 Å². The first kappa shape index (κ1) is 15.8. The summed E-state index contributed by atoms with van der Waals surface area (Å²) >= 11 is 0. The molecule has 2 fully saturated rings. The number of nitrogens with zero attached hydrogens (tertiary/aromatic N) is 5. The van der Waals surface area contributed by atoms with Crippen LogP contribution in [0.25, 0.3) is 5.65 Å². The molecule has 3 aromatic rings. The van der Waals surface area contributed by atoms with Crippen molar-refractivity contribution in [1.82, 2.24) is 19.8 Å². The van der Waals surface area contributed by atoms with Gasteiger partial charge in [0.15, 0.2) is 0 Å². The maximum absolute atomic E-state index is 11.0. The summed E-state index contributed by atoms with van der Waals surface area (Å²) < 4.78 is 1.80. The van der Waals surface area contributed by atoms with Crippen molar-refractivity contribution in [2.75, 3.05) is 18.0 Å². The largest absolute Gasteiger partial charge is 0.389 e. The van der Waals surface area contributed by atoms with Crippen LogP contribution in [0.1, 0.15) is 42.9 Å². The molecular weight excluding hydrogens is 326 g/mol. The predicted octanol–water partition coefficient (Wildman–Crippen LogP) is 2.58. The molecule has 6 nitrogen and oxygen atoms in total. The molecule has 2 aliphatic rings. The van der Waals surface area contributed by atoms with Crippen molar-refractivity contribution in [1.29, 1.82) is 0 Å². The monoisotopic (exact) mass is 349 g/mol.